The van der Waals surface area contributed by atoms with E-state index < -0.39 is 25.9 Å². The van der Waals surface area contributed by atoms with E-state index >= 15 is 0 Å². The molecule has 0 atom stereocenters. The molecule has 0 rings (SSSR count). The zero-order chi connectivity index (χ0) is 10.4. The maximum Gasteiger partial charge on any atom is 0.481 e. The number of hydrogen-bond acceptors (Lipinski definition) is 7. The van der Waals surface area contributed by atoms with E-state index in [-0.39, 0.29) is 0 Å². The van der Waals surface area contributed by atoms with Crippen molar-refractivity contribution in [2.24, 2.45) is 0 Å². The first kappa shape index (κ1) is 14.2. The third-order valence-corrected chi connectivity index (χ3v) is 1.20. The summed E-state index contributed by atoms with van der Waals surface area (Å²) in [6.45, 7) is 0. The van der Waals surface area contributed by atoms with E-state index in [0.29, 0.717) is 6.26 Å². The van der Waals surface area contributed by atoms with Crippen LogP contribution in [0.2, 0.25) is 0 Å². The van der Waals surface area contributed by atoms with Crippen molar-refractivity contribution in [3.05, 3.63) is 0 Å². The van der Waals surface area contributed by atoms with Gasteiger partial charge < -0.3 is 0 Å². The lowest BCUT2D eigenvalue weighted by Crippen LogP contribution is -1.88. The van der Waals surface area contributed by atoms with Crippen LogP contribution in [0.4, 0.5) is 0 Å². The van der Waals surface area contributed by atoms with Gasteiger partial charge in [-0.1, -0.05) is 0 Å². The maximum absolute atomic E-state index is 9.24. The van der Waals surface area contributed by atoms with Gasteiger partial charge in [-0.2, -0.15) is 12.7 Å². The Hall–Kier alpha value is -0.330. The van der Waals surface area contributed by atoms with Crippen LogP contribution in [0.1, 0.15) is 0 Å². The first-order chi connectivity index (χ1) is 5.13. The van der Waals surface area contributed by atoms with Gasteiger partial charge in [0.25, 0.3) is 10.1 Å². The Morgan fingerprint density at radius 2 is 1.25 bits per heavy atom. The summed E-state index contributed by atoms with van der Waals surface area (Å²) in [6, 6.07) is 0. The number of hydrogen-bond donors (Lipinski definition) is 1. The van der Waals surface area contributed by atoms with Crippen LogP contribution in [-0.2, 0) is 32.7 Å². The molecule has 0 saturated heterocycles. The first-order valence-corrected chi connectivity index (χ1v) is 6.06. The van der Waals surface area contributed by atoms with Crippen molar-refractivity contribution in [1.82, 2.24) is 0 Å². The highest BCUT2D eigenvalue weighted by molar-refractivity contribution is 7.85. The molecule has 0 aromatic rings. The molecule has 0 amide bonds. The smallest absolute Gasteiger partial charge is 0.286 e. The Labute approximate surface area is 68.5 Å². The minimum atomic E-state index is -3.67. The van der Waals surface area contributed by atoms with Gasteiger partial charge in [0, 0.05) is 0 Å². The summed E-state index contributed by atoms with van der Waals surface area (Å²) in [5.41, 5.74) is 0. The molecule has 0 aromatic carbocycles. The van der Waals surface area contributed by atoms with Gasteiger partial charge in [0.05, 0.1) is 6.26 Å². The summed E-state index contributed by atoms with van der Waals surface area (Å²) in [5.74, 6) is 0. The Morgan fingerprint density at radius 1 is 1.08 bits per heavy atom. The predicted molar refractivity (Wildman–Crippen MR) is 35.1 cm³/mol. The van der Waals surface area contributed by atoms with Crippen molar-refractivity contribution < 1.29 is 35.5 Å². The largest absolute Gasteiger partial charge is 0.481 e. The van der Waals surface area contributed by atoms with Gasteiger partial charge in [-0.25, -0.2) is 18.3 Å². The highest BCUT2D eigenvalue weighted by Gasteiger charge is 1.92. The molecule has 1 N–H and O–H groups in total. The molecule has 0 bridgehead atoms. The van der Waals surface area contributed by atoms with Crippen molar-refractivity contribution >= 4 is 25.9 Å². The van der Waals surface area contributed by atoms with Crippen LogP contribution in [0.15, 0.2) is 0 Å². The van der Waals surface area contributed by atoms with Crippen molar-refractivity contribution in [3.63, 3.8) is 0 Å². The van der Waals surface area contributed by atoms with Gasteiger partial charge in [-0.15, -0.1) is 0 Å². The summed E-state index contributed by atoms with van der Waals surface area (Å²) in [4.78, 5) is 0. The van der Waals surface area contributed by atoms with E-state index in [2.05, 4.69) is 4.31 Å². The lowest BCUT2D eigenvalue weighted by atomic mass is 12.0. The fraction of sp³-hybridized carbons (Fsp3) is 1.00. The molecule has 12 heavy (non-hydrogen) atoms. The fourth-order valence-electron chi connectivity index (χ4n) is 0.0544. The summed E-state index contributed by atoms with van der Waals surface area (Å²) < 4.78 is 66.0. The molecule has 72 valence electrons. The van der Waals surface area contributed by atoms with Crippen LogP contribution in [0.25, 0.3) is 0 Å². The Kier molecular flexibility index (Phi) is 7.36. The van der Waals surface area contributed by atoms with Crippen molar-refractivity contribution in [3.8, 4) is 0 Å². The molecule has 0 aromatic heterocycles. The summed E-state index contributed by atoms with van der Waals surface area (Å²) >= 11 is 0. The van der Waals surface area contributed by atoms with Gasteiger partial charge in [0.1, 0.15) is 0 Å². The molecule has 0 aliphatic heterocycles. The topological polar surface area (TPSA) is 132 Å². The molecule has 11 heteroatoms. The highest BCUT2D eigenvalue weighted by atomic mass is 32.2. The molecule has 8 nitrogen and oxygen atoms in total. The van der Waals surface area contributed by atoms with Crippen molar-refractivity contribution in [2.75, 3.05) is 6.26 Å². The highest BCUT2D eigenvalue weighted by Crippen LogP contribution is 2.19. The molecule has 0 radical (unpaired) electrons. The predicted octanol–water partition coefficient (Wildman–Crippen LogP) is 0.683. The third-order valence-electron chi connectivity index (χ3n) is 0.133. The molecule has 0 aliphatic rings. The zero-order valence-corrected chi connectivity index (χ0v) is 8.21. The first-order valence-electron chi connectivity index (χ1n) is 2.02. The van der Waals surface area contributed by atoms with Crippen LogP contribution < -0.4 is 0 Å². The molecule has 0 fully saturated rings. The minimum absolute atomic E-state index is 0.715. The zero-order valence-electron chi connectivity index (χ0n) is 5.61. The SMILES string of the molecule is CS(=O)(=O)O.O=P(=O)OP(=O)=O. The van der Waals surface area contributed by atoms with Crippen LogP contribution in [0.5, 0.6) is 0 Å². The van der Waals surface area contributed by atoms with Gasteiger partial charge in [-0.05, 0) is 0 Å². The van der Waals surface area contributed by atoms with Crippen LogP contribution in [-0.4, -0.2) is 19.2 Å². The van der Waals surface area contributed by atoms with Crippen LogP contribution >= 0.6 is 15.8 Å². The summed E-state index contributed by atoms with van der Waals surface area (Å²) in [7, 11) is -10.1. The van der Waals surface area contributed by atoms with Gasteiger partial charge >= 0.3 is 15.8 Å². The molecule has 0 heterocycles. The van der Waals surface area contributed by atoms with E-state index in [4.69, 9.17) is 4.55 Å². The van der Waals surface area contributed by atoms with E-state index in [1.165, 1.54) is 0 Å². The summed E-state index contributed by atoms with van der Waals surface area (Å²) in [5, 5.41) is 0. The van der Waals surface area contributed by atoms with E-state index in [1.807, 2.05) is 0 Å². The quantitative estimate of drug-likeness (QED) is 0.548. The second kappa shape index (κ2) is 6.22. The van der Waals surface area contributed by atoms with Crippen LogP contribution in [0, 0.1) is 0 Å². The van der Waals surface area contributed by atoms with Crippen molar-refractivity contribution in [2.45, 2.75) is 0 Å². The van der Waals surface area contributed by atoms with Gasteiger partial charge in [0.2, 0.25) is 0 Å². The Morgan fingerprint density at radius 3 is 1.25 bits per heavy atom. The molecular weight excluding hydrogens is 234 g/mol. The lowest BCUT2D eigenvalue weighted by Gasteiger charge is -1.69. The normalized spacial score (nSPS) is 9.50. The summed E-state index contributed by atoms with van der Waals surface area (Å²) in [6.07, 6.45) is 0.715. The molecule has 0 unspecified atom stereocenters. The second-order valence-electron chi connectivity index (χ2n) is 1.26. The Balaban J connectivity index is 0. The molecule has 0 aliphatic carbocycles. The minimum Gasteiger partial charge on any atom is -0.286 e. The fourth-order valence-corrected chi connectivity index (χ4v) is 0.490. The number of rotatable bonds is 2. The average molecular weight is 238 g/mol. The van der Waals surface area contributed by atoms with Crippen LogP contribution in [0.3, 0.4) is 0 Å². The third kappa shape index (κ3) is 54.0. The molecular formula is CH4O8P2S. The molecule has 0 saturated carbocycles. The van der Waals surface area contributed by atoms with E-state index in [9.17, 15) is 26.7 Å². The van der Waals surface area contributed by atoms with Gasteiger partial charge in [0.15, 0.2) is 0 Å². The van der Waals surface area contributed by atoms with Gasteiger partial charge in [-0.3, -0.25) is 4.55 Å². The second-order valence-corrected chi connectivity index (χ2v) is 4.28. The van der Waals surface area contributed by atoms with E-state index in [1.54, 1.807) is 0 Å². The van der Waals surface area contributed by atoms with E-state index in [0.717, 1.165) is 0 Å². The molecule has 0 spiro atoms. The van der Waals surface area contributed by atoms with Crippen molar-refractivity contribution in [1.29, 1.82) is 0 Å². The monoisotopic (exact) mass is 238 g/mol. The standard InChI is InChI=1S/CH4O3S.O5P2/c1-5(2,3)4;1-6(2)5-7(3)4/h1H3,(H,2,3,4);. The lowest BCUT2D eigenvalue weighted by molar-refractivity contribution is 0.409. The Bertz CT molecular complexity index is 299. The average Bonchev–Trinajstić information content (AvgIpc) is 1.52. The maximum atomic E-state index is 9.24.